The summed E-state index contributed by atoms with van der Waals surface area (Å²) in [5.41, 5.74) is 2.19. The number of oxime groups is 1. The minimum absolute atomic E-state index is 0.0372. The Balaban J connectivity index is 1.77. The van der Waals surface area contributed by atoms with Crippen molar-refractivity contribution in [1.82, 2.24) is 0 Å². The van der Waals surface area contributed by atoms with Crippen LogP contribution >= 0.6 is 27.7 Å². The second kappa shape index (κ2) is 5.16. The molecule has 90 valence electrons. The average molecular weight is 320 g/mol. The van der Waals surface area contributed by atoms with Gasteiger partial charge in [0.15, 0.2) is 0 Å². The van der Waals surface area contributed by atoms with Crippen molar-refractivity contribution >= 4 is 32.7 Å². The van der Waals surface area contributed by atoms with Crippen molar-refractivity contribution in [3.05, 3.63) is 70.2 Å². The van der Waals surface area contributed by atoms with Gasteiger partial charge in [0.2, 0.25) is 5.44 Å². The predicted molar refractivity (Wildman–Crippen MR) is 78.5 cm³/mol. The highest BCUT2D eigenvalue weighted by Crippen LogP contribution is 2.38. The molecule has 0 aromatic heterocycles. The minimum atomic E-state index is -0.0372. The Morgan fingerprint density at radius 3 is 2.44 bits per heavy atom. The molecule has 0 amide bonds. The van der Waals surface area contributed by atoms with Gasteiger partial charge in [-0.1, -0.05) is 75.3 Å². The molecule has 0 radical (unpaired) electrons. The van der Waals surface area contributed by atoms with E-state index in [2.05, 4.69) is 33.2 Å². The summed E-state index contributed by atoms with van der Waals surface area (Å²) in [5.74, 6) is 0. The largest absolute Gasteiger partial charge is 0.375 e. The topological polar surface area (TPSA) is 21.6 Å². The normalized spacial score (nSPS) is 18.3. The van der Waals surface area contributed by atoms with E-state index in [4.69, 9.17) is 4.84 Å². The second-order valence-corrected chi connectivity index (χ2v) is 5.84. The summed E-state index contributed by atoms with van der Waals surface area (Å²) in [6, 6.07) is 18.2. The number of halogens is 1. The maximum absolute atomic E-state index is 5.48. The molecule has 0 saturated carbocycles. The molecule has 0 saturated heterocycles. The van der Waals surface area contributed by atoms with Crippen LogP contribution < -0.4 is 0 Å². The highest BCUT2D eigenvalue weighted by Gasteiger charge is 2.24. The summed E-state index contributed by atoms with van der Waals surface area (Å²) >= 11 is 5.06. The molecule has 1 aliphatic heterocycles. The summed E-state index contributed by atoms with van der Waals surface area (Å²) in [4.78, 5) is 5.48. The van der Waals surface area contributed by atoms with Crippen LogP contribution in [0.5, 0.6) is 0 Å². The molecular formula is C14H10BrNOS. The maximum atomic E-state index is 5.48. The lowest BCUT2D eigenvalue weighted by Gasteiger charge is -2.06. The first kappa shape index (κ1) is 11.8. The van der Waals surface area contributed by atoms with Gasteiger partial charge in [0.25, 0.3) is 0 Å². The van der Waals surface area contributed by atoms with E-state index in [1.165, 1.54) is 0 Å². The average Bonchev–Trinajstić information content (AvgIpc) is 2.90. The molecule has 3 rings (SSSR count). The highest BCUT2D eigenvalue weighted by atomic mass is 79.9. The Labute approximate surface area is 118 Å². The Bertz CT molecular complexity index is 568. The second-order valence-electron chi connectivity index (χ2n) is 3.87. The van der Waals surface area contributed by atoms with E-state index in [1.807, 2.05) is 42.5 Å². The van der Waals surface area contributed by atoms with Crippen molar-refractivity contribution < 1.29 is 4.84 Å². The third-order valence-corrected chi connectivity index (χ3v) is 4.25. The molecular weight excluding hydrogens is 310 g/mol. The van der Waals surface area contributed by atoms with Crippen molar-refractivity contribution in [2.24, 2.45) is 5.16 Å². The van der Waals surface area contributed by atoms with E-state index in [1.54, 1.807) is 11.8 Å². The van der Waals surface area contributed by atoms with Gasteiger partial charge in [-0.3, -0.25) is 0 Å². The Morgan fingerprint density at radius 2 is 1.72 bits per heavy atom. The number of benzene rings is 2. The smallest absolute Gasteiger partial charge is 0.204 e. The fourth-order valence-corrected chi connectivity index (χ4v) is 2.90. The molecule has 2 aromatic rings. The van der Waals surface area contributed by atoms with Gasteiger partial charge in [-0.2, -0.15) is 0 Å². The van der Waals surface area contributed by atoms with Crippen LogP contribution in [0.4, 0.5) is 0 Å². The summed E-state index contributed by atoms with van der Waals surface area (Å²) in [7, 11) is 0. The van der Waals surface area contributed by atoms with E-state index < -0.39 is 0 Å². The Hall–Kier alpha value is -1.26. The molecule has 2 nitrogen and oxygen atoms in total. The van der Waals surface area contributed by atoms with Gasteiger partial charge in [0, 0.05) is 15.6 Å². The van der Waals surface area contributed by atoms with Crippen LogP contribution in [-0.2, 0) is 4.84 Å². The predicted octanol–water partition coefficient (Wildman–Crippen LogP) is 4.57. The van der Waals surface area contributed by atoms with Gasteiger partial charge in [0.05, 0.1) is 0 Å². The van der Waals surface area contributed by atoms with Crippen LogP contribution in [0, 0.1) is 0 Å². The summed E-state index contributed by atoms with van der Waals surface area (Å²) in [6.07, 6.45) is 0. The molecule has 0 N–H and O–H groups in total. The molecule has 2 aromatic carbocycles. The first-order valence-electron chi connectivity index (χ1n) is 5.54. The lowest BCUT2D eigenvalue weighted by atomic mass is 10.2. The number of hydrogen-bond donors (Lipinski definition) is 0. The fraction of sp³-hybridized carbons (Fsp3) is 0.0714. The third-order valence-electron chi connectivity index (χ3n) is 2.61. The van der Waals surface area contributed by atoms with E-state index >= 15 is 0 Å². The quantitative estimate of drug-likeness (QED) is 0.808. The van der Waals surface area contributed by atoms with Crippen LogP contribution in [0.25, 0.3) is 0 Å². The highest BCUT2D eigenvalue weighted by molar-refractivity contribution is 9.10. The van der Waals surface area contributed by atoms with Crippen LogP contribution in [-0.4, -0.2) is 5.04 Å². The third kappa shape index (κ3) is 2.44. The zero-order chi connectivity index (χ0) is 12.4. The van der Waals surface area contributed by atoms with E-state index in [-0.39, 0.29) is 5.44 Å². The summed E-state index contributed by atoms with van der Waals surface area (Å²) < 4.78 is 1.07. The molecule has 4 heteroatoms. The van der Waals surface area contributed by atoms with E-state index in [0.717, 1.165) is 20.6 Å². The van der Waals surface area contributed by atoms with Crippen LogP contribution in [0.3, 0.4) is 0 Å². The first-order chi connectivity index (χ1) is 8.83. The zero-order valence-electron chi connectivity index (χ0n) is 9.42. The molecule has 1 heterocycles. The van der Waals surface area contributed by atoms with Crippen LogP contribution in [0.15, 0.2) is 64.2 Å². The molecule has 0 spiro atoms. The van der Waals surface area contributed by atoms with Crippen molar-refractivity contribution in [2.75, 3.05) is 0 Å². The molecule has 0 fully saturated rings. The van der Waals surface area contributed by atoms with Crippen LogP contribution in [0.2, 0.25) is 0 Å². The SMILES string of the molecule is Brc1ccc(C2=NOC(c3ccccc3)S2)cc1. The monoisotopic (exact) mass is 319 g/mol. The summed E-state index contributed by atoms with van der Waals surface area (Å²) in [6.45, 7) is 0. The van der Waals surface area contributed by atoms with Crippen molar-refractivity contribution in [1.29, 1.82) is 0 Å². The molecule has 0 aliphatic carbocycles. The Kier molecular flexibility index (Phi) is 3.39. The maximum Gasteiger partial charge on any atom is 0.204 e. The van der Waals surface area contributed by atoms with Crippen molar-refractivity contribution in [3.8, 4) is 0 Å². The van der Waals surface area contributed by atoms with Gasteiger partial charge >= 0.3 is 0 Å². The molecule has 1 unspecified atom stereocenters. The Morgan fingerprint density at radius 1 is 1.00 bits per heavy atom. The lowest BCUT2D eigenvalue weighted by Crippen LogP contribution is -1.93. The number of nitrogens with zero attached hydrogens (tertiary/aromatic N) is 1. The van der Waals surface area contributed by atoms with Crippen molar-refractivity contribution in [2.45, 2.75) is 5.44 Å². The minimum Gasteiger partial charge on any atom is -0.375 e. The lowest BCUT2D eigenvalue weighted by molar-refractivity contribution is 0.131. The van der Waals surface area contributed by atoms with E-state index in [9.17, 15) is 0 Å². The number of rotatable bonds is 2. The van der Waals surface area contributed by atoms with Gasteiger partial charge in [0.1, 0.15) is 5.04 Å². The molecule has 1 aliphatic rings. The summed E-state index contributed by atoms with van der Waals surface area (Å²) in [5, 5.41) is 5.08. The van der Waals surface area contributed by atoms with Crippen LogP contribution in [0.1, 0.15) is 16.6 Å². The number of hydrogen-bond acceptors (Lipinski definition) is 3. The first-order valence-corrected chi connectivity index (χ1v) is 7.21. The molecule has 18 heavy (non-hydrogen) atoms. The van der Waals surface area contributed by atoms with Gasteiger partial charge in [-0.05, 0) is 12.1 Å². The van der Waals surface area contributed by atoms with Gasteiger partial charge < -0.3 is 4.84 Å². The van der Waals surface area contributed by atoms with Crippen molar-refractivity contribution in [3.63, 3.8) is 0 Å². The zero-order valence-corrected chi connectivity index (χ0v) is 11.8. The van der Waals surface area contributed by atoms with E-state index in [0.29, 0.717) is 0 Å². The van der Waals surface area contributed by atoms with Gasteiger partial charge in [-0.15, -0.1) is 0 Å². The fourth-order valence-electron chi connectivity index (χ4n) is 1.69. The molecule has 1 atom stereocenters. The standard InChI is InChI=1S/C14H10BrNOS/c15-12-8-6-10(7-9-12)13-16-17-14(18-13)11-4-2-1-3-5-11/h1-9,14H. The van der Waals surface area contributed by atoms with Gasteiger partial charge in [-0.25, -0.2) is 0 Å². The molecule has 0 bridgehead atoms. The number of thioether (sulfide) groups is 1.